The summed E-state index contributed by atoms with van der Waals surface area (Å²) in [5.74, 6) is -0.858. The number of ether oxygens (including phenoxy) is 2. The molecule has 1 aromatic heterocycles. The Hall–Kier alpha value is -4.05. The molecule has 0 saturated heterocycles. The topological polar surface area (TPSA) is 134 Å². The highest BCUT2D eigenvalue weighted by Gasteiger charge is 2.35. The van der Waals surface area contributed by atoms with Gasteiger partial charge in [-0.2, -0.15) is 4.98 Å². The maximum absolute atomic E-state index is 13.0. The van der Waals surface area contributed by atoms with Crippen molar-refractivity contribution in [1.82, 2.24) is 9.97 Å². The third-order valence-corrected chi connectivity index (χ3v) is 5.27. The van der Waals surface area contributed by atoms with Gasteiger partial charge in [0.05, 0.1) is 31.4 Å². The van der Waals surface area contributed by atoms with Crippen LogP contribution in [0.5, 0.6) is 11.5 Å². The van der Waals surface area contributed by atoms with Gasteiger partial charge in [0, 0.05) is 17.1 Å². The summed E-state index contributed by atoms with van der Waals surface area (Å²) in [5.41, 5.74) is 0.482. The van der Waals surface area contributed by atoms with Gasteiger partial charge < -0.3 is 25.4 Å². The Balaban J connectivity index is 1.63. The van der Waals surface area contributed by atoms with Crippen LogP contribution in [0.4, 0.5) is 23.1 Å². The molecule has 0 fully saturated rings. The predicted octanol–water partition coefficient (Wildman–Crippen LogP) is 3.25. The van der Waals surface area contributed by atoms with Crippen molar-refractivity contribution in [3.63, 3.8) is 0 Å². The Labute approximate surface area is 193 Å². The molecule has 10 nitrogen and oxygen atoms in total. The number of carbonyl (C=O) groups excluding carboxylic acids is 2. The lowest BCUT2D eigenvalue weighted by Gasteiger charge is -2.24. The molecular weight excluding hydrogens is 450 g/mol. The molecule has 1 aliphatic rings. The Morgan fingerprint density at radius 2 is 1.88 bits per heavy atom. The molecule has 0 radical (unpaired) electrons. The number of hydrogen-bond acceptors (Lipinski definition) is 7. The van der Waals surface area contributed by atoms with Gasteiger partial charge >= 0.3 is 0 Å². The third kappa shape index (κ3) is 4.75. The summed E-state index contributed by atoms with van der Waals surface area (Å²) in [4.78, 5) is 45.2. The van der Waals surface area contributed by atoms with Crippen LogP contribution in [0.3, 0.4) is 0 Å². The zero-order valence-corrected chi connectivity index (χ0v) is 18.4. The second kappa shape index (κ2) is 9.21. The van der Waals surface area contributed by atoms with Gasteiger partial charge in [-0.25, -0.2) is 0 Å². The Bertz CT molecular complexity index is 1280. The number of H-pyrrole nitrogens is 1. The van der Waals surface area contributed by atoms with Crippen LogP contribution >= 0.6 is 11.6 Å². The van der Waals surface area contributed by atoms with E-state index >= 15 is 0 Å². The quantitative estimate of drug-likeness (QED) is 0.435. The van der Waals surface area contributed by atoms with Crippen molar-refractivity contribution in [1.29, 1.82) is 0 Å². The lowest BCUT2D eigenvalue weighted by molar-refractivity contribution is -0.123. The molecule has 33 heavy (non-hydrogen) atoms. The molecular formula is C22H20ClN5O5. The molecule has 2 aromatic carbocycles. The molecule has 0 unspecified atom stereocenters. The number of benzene rings is 2. The summed E-state index contributed by atoms with van der Waals surface area (Å²) >= 11 is 6.02. The number of nitrogens with one attached hydrogen (secondary N) is 4. The average molecular weight is 470 g/mol. The Morgan fingerprint density at radius 3 is 2.58 bits per heavy atom. The summed E-state index contributed by atoms with van der Waals surface area (Å²) in [6.07, 6.45) is -0.211. The van der Waals surface area contributed by atoms with Crippen molar-refractivity contribution < 1.29 is 19.1 Å². The lowest BCUT2D eigenvalue weighted by Crippen LogP contribution is -2.36. The number of hydrogen-bond donors (Lipinski definition) is 4. The minimum absolute atomic E-state index is 0.0178. The van der Waals surface area contributed by atoms with Crippen LogP contribution in [0.2, 0.25) is 5.02 Å². The van der Waals surface area contributed by atoms with Crippen LogP contribution in [0.1, 0.15) is 17.9 Å². The van der Waals surface area contributed by atoms with Crippen LogP contribution in [0.15, 0.2) is 47.3 Å². The first-order valence-electron chi connectivity index (χ1n) is 9.87. The standard InChI is InChI=1S/C22H20ClN5O5/c1-32-13-6-4-12(5-7-13)24-22-27-19-18(21(31)28-22)14(10-17(29)26-19)20(30)25-15-9-11(23)3-8-16(15)33-2/h3-9,14H,10H2,1-2H3,(H,25,30)(H3,24,26,27,28,29,31)/t14-/m0/s1. The number of aromatic nitrogens is 2. The molecule has 0 saturated carbocycles. The van der Waals surface area contributed by atoms with Crippen molar-refractivity contribution in [2.45, 2.75) is 12.3 Å². The van der Waals surface area contributed by atoms with E-state index in [1.807, 2.05) is 0 Å². The second-order valence-corrected chi connectivity index (χ2v) is 7.61. The van der Waals surface area contributed by atoms with E-state index in [9.17, 15) is 14.4 Å². The molecule has 3 aromatic rings. The molecule has 4 rings (SSSR count). The van der Waals surface area contributed by atoms with E-state index in [4.69, 9.17) is 21.1 Å². The first-order chi connectivity index (χ1) is 15.9. The fourth-order valence-corrected chi connectivity index (χ4v) is 3.64. The number of amides is 2. The highest BCUT2D eigenvalue weighted by molar-refractivity contribution is 6.31. The fourth-order valence-electron chi connectivity index (χ4n) is 3.46. The molecule has 0 aliphatic carbocycles. The maximum atomic E-state index is 13.0. The molecule has 2 amide bonds. The number of methoxy groups -OCH3 is 2. The normalized spacial score (nSPS) is 14.6. The summed E-state index contributed by atoms with van der Waals surface area (Å²) in [6, 6.07) is 11.7. The lowest BCUT2D eigenvalue weighted by atomic mass is 9.92. The van der Waals surface area contributed by atoms with E-state index < -0.39 is 23.3 Å². The SMILES string of the molecule is COc1ccc(Nc2nc3c(c(=O)[nH]2)[C@@H](C(=O)Nc2cc(Cl)ccc2OC)CC(=O)N3)cc1. The minimum Gasteiger partial charge on any atom is -0.497 e. The van der Waals surface area contributed by atoms with E-state index in [1.165, 1.54) is 13.2 Å². The fraction of sp³-hybridized carbons (Fsp3) is 0.182. The van der Waals surface area contributed by atoms with Crippen molar-refractivity contribution in [3.8, 4) is 11.5 Å². The van der Waals surface area contributed by atoms with E-state index in [2.05, 4.69) is 25.9 Å². The first kappa shape index (κ1) is 22.2. The number of fused-ring (bicyclic) bond motifs is 1. The van der Waals surface area contributed by atoms with Gasteiger partial charge in [-0.05, 0) is 42.5 Å². The maximum Gasteiger partial charge on any atom is 0.258 e. The van der Waals surface area contributed by atoms with Gasteiger partial charge in [-0.1, -0.05) is 11.6 Å². The summed E-state index contributed by atoms with van der Waals surface area (Å²) in [6.45, 7) is 0. The number of anilines is 4. The monoisotopic (exact) mass is 469 g/mol. The average Bonchev–Trinajstić information content (AvgIpc) is 2.79. The van der Waals surface area contributed by atoms with Crippen LogP contribution < -0.4 is 31.0 Å². The van der Waals surface area contributed by atoms with Gasteiger partial charge in [0.2, 0.25) is 17.8 Å². The minimum atomic E-state index is -1.05. The van der Waals surface area contributed by atoms with Crippen LogP contribution in [0.25, 0.3) is 0 Å². The van der Waals surface area contributed by atoms with E-state index in [0.29, 0.717) is 27.9 Å². The van der Waals surface area contributed by atoms with Gasteiger partial charge in [0.15, 0.2) is 0 Å². The van der Waals surface area contributed by atoms with Crippen LogP contribution in [0, 0.1) is 0 Å². The van der Waals surface area contributed by atoms with Crippen molar-refractivity contribution in [2.24, 2.45) is 0 Å². The molecule has 0 spiro atoms. The van der Waals surface area contributed by atoms with E-state index in [0.717, 1.165) is 0 Å². The Kier molecular flexibility index (Phi) is 6.18. The van der Waals surface area contributed by atoms with Crippen LogP contribution in [-0.2, 0) is 9.59 Å². The van der Waals surface area contributed by atoms with Crippen molar-refractivity contribution in [3.05, 3.63) is 63.4 Å². The number of halogens is 1. The van der Waals surface area contributed by atoms with Gasteiger partial charge in [-0.3, -0.25) is 19.4 Å². The first-order valence-corrected chi connectivity index (χ1v) is 10.2. The van der Waals surface area contributed by atoms with Crippen molar-refractivity contribution >= 4 is 46.6 Å². The molecule has 0 bridgehead atoms. The summed E-state index contributed by atoms with van der Waals surface area (Å²) in [5, 5.41) is 8.61. The van der Waals surface area contributed by atoms with Gasteiger partial charge in [-0.15, -0.1) is 0 Å². The number of rotatable bonds is 6. The van der Waals surface area contributed by atoms with Gasteiger partial charge in [0.1, 0.15) is 17.3 Å². The summed E-state index contributed by atoms with van der Waals surface area (Å²) < 4.78 is 10.4. The zero-order valence-electron chi connectivity index (χ0n) is 17.7. The van der Waals surface area contributed by atoms with Crippen molar-refractivity contribution in [2.75, 3.05) is 30.2 Å². The van der Waals surface area contributed by atoms with Gasteiger partial charge in [0.25, 0.3) is 5.56 Å². The molecule has 1 aliphatic heterocycles. The molecule has 1 atom stereocenters. The molecule has 2 heterocycles. The molecule has 4 N–H and O–H groups in total. The molecule has 11 heteroatoms. The molecule has 170 valence electrons. The number of nitrogens with zero attached hydrogens (tertiary/aromatic N) is 1. The second-order valence-electron chi connectivity index (χ2n) is 7.17. The zero-order chi connectivity index (χ0) is 23.5. The highest BCUT2D eigenvalue weighted by Crippen LogP contribution is 2.33. The third-order valence-electron chi connectivity index (χ3n) is 5.04. The Morgan fingerprint density at radius 1 is 1.12 bits per heavy atom. The van der Waals surface area contributed by atoms with Crippen LogP contribution in [-0.4, -0.2) is 36.0 Å². The van der Waals surface area contributed by atoms with E-state index in [1.54, 1.807) is 43.5 Å². The smallest absolute Gasteiger partial charge is 0.258 e. The van der Waals surface area contributed by atoms with E-state index in [-0.39, 0.29) is 23.8 Å². The number of carbonyl (C=O) groups is 2. The largest absolute Gasteiger partial charge is 0.497 e. The highest BCUT2D eigenvalue weighted by atomic mass is 35.5. The predicted molar refractivity (Wildman–Crippen MR) is 124 cm³/mol. The summed E-state index contributed by atoms with van der Waals surface area (Å²) in [7, 11) is 3.01. The number of aromatic amines is 1.